The minimum atomic E-state index is -3.65. The molecule has 28 heavy (non-hydrogen) atoms. The fraction of sp³-hybridized carbons (Fsp3) is 0.150. The van der Waals surface area contributed by atoms with Gasteiger partial charge in [0.1, 0.15) is 0 Å². The maximum atomic E-state index is 12.3. The topological polar surface area (TPSA) is 83.1 Å². The third-order valence-corrected chi connectivity index (χ3v) is 5.56. The molecule has 0 fully saturated rings. The molecule has 3 rings (SSSR count). The van der Waals surface area contributed by atoms with Crippen LogP contribution in [0.15, 0.2) is 71.5 Å². The van der Waals surface area contributed by atoms with E-state index in [2.05, 4.69) is 35.7 Å². The molecule has 0 radical (unpaired) electrons. The summed E-state index contributed by atoms with van der Waals surface area (Å²) >= 11 is 3.40. The molecule has 0 aliphatic heterocycles. The number of anilines is 1. The Kier molecular flexibility index (Phi) is 7.16. The summed E-state index contributed by atoms with van der Waals surface area (Å²) in [6, 6.07) is 15.2. The van der Waals surface area contributed by atoms with Gasteiger partial charge < -0.3 is 5.32 Å². The van der Waals surface area contributed by atoms with Gasteiger partial charge in [-0.3, -0.25) is 9.71 Å². The predicted octanol–water partition coefficient (Wildman–Crippen LogP) is 3.55. The molecule has 3 N–H and O–H groups in total. The largest absolute Gasteiger partial charge is 0.312 e. The van der Waals surface area contributed by atoms with Crippen molar-refractivity contribution in [2.24, 2.45) is 0 Å². The van der Waals surface area contributed by atoms with E-state index in [0.29, 0.717) is 18.8 Å². The van der Waals surface area contributed by atoms with Gasteiger partial charge in [0.15, 0.2) is 0 Å². The molecular formula is C20H21BrN4O2S. The van der Waals surface area contributed by atoms with E-state index in [-0.39, 0.29) is 6.54 Å². The first-order valence-corrected chi connectivity index (χ1v) is 11.0. The monoisotopic (exact) mass is 460 g/mol. The molecule has 0 saturated carbocycles. The lowest BCUT2D eigenvalue weighted by atomic mass is 10.1. The molecule has 0 saturated heterocycles. The number of nitrogens with one attached hydrogen (secondary N) is 3. The van der Waals surface area contributed by atoms with Crippen molar-refractivity contribution in [2.45, 2.75) is 0 Å². The van der Waals surface area contributed by atoms with E-state index in [9.17, 15) is 8.42 Å². The lowest BCUT2D eigenvalue weighted by molar-refractivity contribution is 0.584. The summed E-state index contributed by atoms with van der Waals surface area (Å²) in [4.78, 5) is 4.05. The number of hydrogen-bond donors (Lipinski definition) is 3. The van der Waals surface area contributed by atoms with Gasteiger partial charge in [-0.05, 0) is 29.8 Å². The van der Waals surface area contributed by atoms with Crippen LogP contribution in [0.5, 0.6) is 0 Å². The van der Waals surface area contributed by atoms with Crippen molar-refractivity contribution in [3.05, 3.63) is 77.0 Å². The van der Waals surface area contributed by atoms with Crippen molar-refractivity contribution in [1.82, 2.24) is 15.0 Å². The van der Waals surface area contributed by atoms with E-state index >= 15 is 0 Å². The molecule has 0 bridgehead atoms. The number of nitrogens with zero attached hydrogens (tertiary/aromatic N) is 1. The van der Waals surface area contributed by atoms with E-state index < -0.39 is 10.2 Å². The molecule has 2 aromatic carbocycles. The van der Waals surface area contributed by atoms with Crippen LogP contribution in [0.1, 0.15) is 5.56 Å². The Morgan fingerprint density at radius 2 is 1.86 bits per heavy atom. The summed E-state index contributed by atoms with van der Waals surface area (Å²) in [5.41, 5.74) is 1.64. The number of aromatic nitrogens is 1. The third-order valence-electron chi connectivity index (χ3n) is 3.96. The van der Waals surface area contributed by atoms with Crippen molar-refractivity contribution in [2.75, 3.05) is 24.4 Å². The smallest absolute Gasteiger partial charge is 0.299 e. The van der Waals surface area contributed by atoms with E-state index in [1.54, 1.807) is 30.6 Å². The summed E-state index contributed by atoms with van der Waals surface area (Å²) in [5, 5.41) is 4.86. The van der Waals surface area contributed by atoms with Crippen molar-refractivity contribution in [3.63, 3.8) is 0 Å². The Morgan fingerprint density at radius 3 is 2.68 bits per heavy atom. The molecule has 0 aliphatic rings. The second kappa shape index (κ2) is 9.79. The quantitative estimate of drug-likeness (QED) is 0.426. The van der Waals surface area contributed by atoms with Crippen molar-refractivity contribution < 1.29 is 8.42 Å². The van der Waals surface area contributed by atoms with Crippen LogP contribution in [0.4, 0.5) is 5.69 Å². The first-order valence-electron chi connectivity index (χ1n) is 8.76. The number of fused-ring (bicyclic) bond motifs is 1. The Bertz CT molecular complexity index is 1050. The van der Waals surface area contributed by atoms with E-state index in [1.807, 2.05) is 42.5 Å². The molecule has 146 valence electrons. The first kappa shape index (κ1) is 20.5. The molecule has 1 heterocycles. The fourth-order valence-corrected chi connectivity index (χ4v) is 3.80. The molecule has 3 aromatic rings. The number of halogens is 1. The third kappa shape index (κ3) is 6.13. The van der Waals surface area contributed by atoms with Crippen LogP contribution in [0.3, 0.4) is 0 Å². The van der Waals surface area contributed by atoms with Crippen molar-refractivity contribution in [1.29, 1.82) is 0 Å². The minimum absolute atomic E-state index is 0.285. The molecular weight excluding hydrogens is 440 g/mol. The van der Waals surface area contributed by atoms with Gasteiger partial charge in [0.2, 0.25) is 0 Å². The van der Waals surface area contributed by atoms with Crippen LogP contribution in [-0.4, -0.2) is 33.0 Å². The molecule has 6 nitrogen and oxygen atoms in total. The summed E-state index contributed by atoms with van der Waals surface area (Å²) in [7, 11) is -3.65. The fourth-order valence-electron chi connectivity index (χ4n) is 2.62. The summed E-state index contributed by atoms with van der Waals surface area (Å²) < 4.78 is 30.7. The summed E-state index contributed by atoms with van der Waals surface area (Å²) in [6.07, 6.45) is 7.35. The number of pyridine rings is 1. The van der Waals surface area contributed by atoms with Crippen LogP contribution in [0.2, 0.25) is 0 Å². The van der Waals surface area contributed by atoms with Crippen molar-refractivity contribution >= 4 is 48.7 Å². The molecule has 8 heteroatoms. The number of benzene rings is 2. The molecule has 0 spiro atoms. The van der Waals surface area contributed by atoms with Crippen molar-refractivity contribution in [3.8, 4) is 0 Å². The molecule has 0 atom stereocenters. The van der Waals surface area contributed by atoms with Crippen LogP contribution in [0, 0.1) is 0 Å². The highest BCUT2D eigenvalue weighted by atomic mass is 79.9. The highest BCUT2D eigenvalue weighted by molar-refractivity contribution is 9.10. The zero-order chi connectivity index (χ0) is 19.8. The lowest BCUT2D eigenvalue weighted by Gasteiger charge is -2.11. The normalized spacial score (nSPS) is 11.9. The van der Waals surface area contributed by atoms with Gasteiger partial charge in [0, 0.05) is 47.3 Å². The highest BCUT2D eigenvalue weighted by Gasteiger charge is 2.10. The Hall–Kier alpha value is -2.26. The molecule has 0 amide bonds. The van der Waals surface area contributed by atoms with Gasteiger partial charge in [-0.1, -0.05) is 52.3 Å². The van der Waals surface area contributed by atoms with Gasteiger partial charge >= 0.3 is 0 Å². The van der Waals surface area contributed by atoms with Gasteiger partial charge in [0.05, 0.1) is 5.69 Å². The Morgan fingerprint density at radius 1 is 1.04 bits per heavy atom. The average Bonchev–Trinajstić information content (AvgIpc) is 2.69. The zero-order valence-electron chi connectivity index (χ0n) is 15.1. The van der Waals surface area contributed by atoms with Gasteiger partial charge in [-0.15, -0.1) is 0 Å². The Labute approximate surface area is 173 Å². The predicted molar refractivity (Wildman–Crippen MR) is 118 cm³/mol. The second-order valence-corrected chi connectivity index (χ2v) is 8.48. The maximum Gasteiger partial charge on any atom is 0.299 e. The van der Waals surface area contributed by atoms with Crippen LogP contribution < -0.4 is 14.8 Å². The summed E-state index contributed by atoms with van der Waals surface area (Å²) in [5.74, 6) is 0. The first-order chi connectivity index (χ1) is 13.5. The van der Waals surface area contributed by atoms with Gasteiger partial charge in [-0.2, -0.15) is 13.1 Å². The standard InChI is InChI=1S/C20H21BrN4O2S/c21-18-8-6-16(7-9-18)3-2-11-22-13-14-24-28(26,27)25-20-5-1-4-17-15-23-12-10-19(17)20/h1-10,12,15,22,24-25H,11,13-14H2/b3-2+. The lowest BCUT2D eigenvalue weighted by Crippen LogP contribution is -2.35. The molecule has 0 aliphatic carbocycles. The number of hydrogen-bond acceptors (Lipinski definition) is 4. The van der Waals surface area contributed by atoms with Gasteiger partial charge in [0.25, 0.3) is 10.2 Å². The maximum absolute atomic E-state index is 12.3. The average molecular weight is 461 g/mol. The van der Waals surface area contributed by atoms with Crippen LogP contribution >= 0.6 is 15.9 Å². The highest BCUT2D eigenvalue weighted by Crippen LogP contribution is 2.22. The van der Waals surface area contributed by atoms with Crippen LogP contribution in [0.25, 0.3) is 16.8 Å². The SMILES string of the molecule is O=S(=O)(NCCNC/C=C/c1ccc(Br)cc1)Nc1cccc2cnccc12. The Balaban J connectivity index is 1.43. The zero-order valence-corrected chi connectivity index (χ0v) is 17.5. The summed E-state index contributed by atoms with van der Waals surface area (Å²) in [6.45, 7) is 1.46. The van der Waals surface area contributed by atoms with Crippen LogP contribution in [-0.2, 0) is 10.2 Å². The second-order valence-electron chi connectivity index (χ2n) is 6.06. The molecule has 1 aromatic heterocycles. The van der Waals surface area contributed by atoms with Gasteiger partial charge in [-0.25, -0.2) is 0 Å². The number of rotatable bonds is 9. The van der Waals surface area contributed by atoms with E-state index in [0.717, 1.165) is 20.8 Å². The van der Waals surface area contributed by atoms with E-state index in [4.69, 9.17) is 0 Å². The minimum Gasteiger partial charge on any atom is -0.312 e. The molecule has 0 unspecified atom stereocenters. The van der Waals surface area contributed by atoms with E-state index in [1.165, 1.54) is 0 Å².